The van der Waals surface area contributed by atoms with Gasteiger partial charge in [0.05, 0.1) is 11.0 Å². The predicted molar refractivity (Wildman–Crippen MR) is 74.2 cm³/mol. The monoisotopic (exact) mass is 275 g/mol. The number of aryl methyl sites for hydroxylation is 1. The SMILES string of the molecule is Cc1cc(NCCc2ccccn2)c([N+](=O)[O-])cc1F. The maximum atomic E-state index is 13.4. The maximum absolute atomic E-state index is 13.4. The van der Waals surface area contributed by atoms with Crippen LogP contribution in [0.1, 0.15) is 11.3 Å². The summed E-state index contributed by atoms with van der Waals surface area (Å²) in [6.45, 7) is 2.06. The van der Waals surface area contributed by atoms with Crippen molar-refractivity contribution in [2.75, 3.05) is 11.9 Å². The number of nitrogens with zero attached hydrogens (tertiary/aromatic N) is 2. The van der Waals surface area contributed by atoms with E-state index in [0.717, 1.165) is 11.8 Å². The zero-order valence-electron chi connectivity index (χ0n) is 11.0. The molecule has 5 nitrogen and oxygen atoms in total. The van der Waals surface area contributed by atoms with Gasteiger partial charge in [0.1, 0.15) is 11.5 Å². The Morgan fingerprint density at radius 2 is 2.20 bits per heavy atom. The van der Waals surface area contributed by atoms with Crippen molar-refractivity contribution in [2.24, 2.45) is 0 Å². The van der Waals surface area contributed by atoms with E-state index in [0.29, 0.717) is 24.2 Å². The lowest BCUT2D eigenvalue weighted by Crippen LogP contribution is -2.08. The molecule has 0 spiro atoms. The third-order valence-electron chi connectivity index (χ3n) is 2.90. The van der Waals surface area contributed by atoms with Crippen LogP contribution in [0.15, 0.2) is 36.5 Å². The number of hydrogen-bond donors (Lipinski definition) is 1. The number of anilines is 1. The van der Waals surface area contributed by atoms with Gasteiger partial charge in [-0.3, -0.25) is 15.1 Å². The van der Waals surface area contributed by atoms with E-state index in [-0.39, 0.29) is 5.69 Å². The quantitative estimate of drug-likeness (QED) is 0.672. The fraction of sp³-hybridized carbons (Fsp3) is 0.214. The first kappa shape index (κ1) is 13.9. The zero-order chi connectivity index (χ0) is 14.5. The molecule has 1 aromatic heterocycles. The summed E-state index contributed by atoms with van der Waals surface area (Å²) in [5.41, 5.74) is 1.33. The highest BCUT2D eigenvalue weighted by Crippen LogP contribution is 2.27. The fourth-order valence-electron chi connectivity index (χ4n) is 1.83. The second-order valence-electron chi connectivity index (χ2n) is 4.37. The van der Waals surface area contributed by atoms with Gasteiger partial charge >= 0.3 is 0 Å². The van der Waals surface area contributed by atoms with Crippen LogP contribution in [0.2, 0.25) is 0 Å². The molecular formula is C14H14FN3O2. The van der Waals surface area contributed by atoms with E-state index in [1.807, 2.05) is 18.2 Å². The summed E-state index contributed by atoms with van der Waals surface area (Å²) in [5, 5.41) is 13.9. The van der Waals surface area contributed by atoms with Crippen molar-refractivity contribution in [3.8, 4) is 0 Å². The van der Waals surface area contributed by atoms with Crippen LogP contribution in [0.25, 0.3) is 0 Å². The standard InChI is InChI=1S/C14H14FN3O2/c1-10-8-13(14(18(19)20)9-12(10)15)17-7-5-11-4-2-3-6-16-11/h2-4,6,8-9,17H,5,7H2,1H3. The molecule has 0 aliphatic heterocycles. The molecular weight excluding hydrogens is 261 g/mol. The molecule has 1 aromatic carbocycles. The molecule has 0 bridgehead atoms. The third kappa shape index (κ3) is 3.28. The second kappa shape index (κ2) is 6.10. The van der Waals surface area contributed by atoms with Gasteiger partial charge < -0.3 is 5.32 Å². The number of aromatic nitrogens is 1. The first-order chi connectivity index (χ1) is 9.58. The van der Waals surface area contributed by atoms with Crippen molar-refractivity contribution in [2.45, 2.75) is 13.3 Å². The van der Waals surface area contributed by atoms with Gasteiger partial charge in [-0.15, -0.1) is 0 Å². The number of rotatable bonds is 5. The molecule has 1 N–H and O–H groups in total. The van der Waals surface area contributed by atoms with Crippen LogP contribution < -0.4 is 5.32 Å². The Balaban J connectivity index is 2.09. The highest BCUT2D eigenvalue weighted by Gasteiger charge is 2.16. The Morgan fingerprint density at radius 1 is 1.40 bits per heavy atom. The van der Waals surface area contributed by atoms with Crippen molar-refractivity contribution >= 4 is 11.4 Å². The Hall–Kier alpha value is -2.50. The fourth-order valence-corrected chi connectivity index (χ4v) is 1.83. The molecule has 20 heavy (non-hydrogen) atoms. The lowest BCUT2D eigenvalue weighted by atomic mass is 10.1. The number of nitro groups is 1. The van der Waals surface area contributed by atoms with E-state index in [1.165, 1.54) is 6.07 Å². The topological polar surface area (TPSA) is 68.1 Å². The van der Waals surface area contributed by atoms with Gasteiger partial charge in [-0.1, -0.05) is 6.07 Å². The van der Waals surface area contributed by atoms with E-state index >= 15 is 0 Å². The Morgan fingerprint density at radius 3 is 2.85 bits per heavy atom. The van der Waals surface area contributed by atoms with Crippen LogP contribution in [0.3, 0.4) is 0 Å². The van der Waals surface area contributed by atoms with Crippen LogP contribution in [-0.2, 0) is 6.42 Å². The van der Waals surface area contributed by atoms with E-state index in [1.54, 1.807) is 13.1 Å². The normalized spacial score (nSPS) is 10.3. The first-order valence-electron chi connectivity index (χ1n) is 6.16. The molecule has 0 saturated heterocycles. The smallest absolute Gasteiger partial charge is 0.295 e. The molecule has 0 unspecified atom stereocenters. The maximum Gasteiger partial charge on any atom is 0.295 e. The minimum absolute atomic E-state index is 0.255. The molecule has 0 fully saturated rings. The number of hydrogen-bond acceptors (Lipinski definition) is 4. The average Bonchev–Trinajstić information content (AvgIpc) is 2.43. The number of benzene rings is 1. The van der Waals surface area contributed by atoms with Crippen molar-refractivity contribution in [1.29, 1.82) is 0 Å². The number of halogens is 1. The Labute approximate surface area is 115 Å². The summed E-state index contributed by atoms with van der Waals surface area (Å²) in [5.74, 6) is -0.577. The predicted octanol–water partition coefficient (Wildman–Crippen LogP) is 3.09. The number of pyridine rings is 1. The molecule has 0 radical (unpaired) electrons. The van der Waals surface area contributed by atoms with Crippen molar-refractivity contribution in [3.05, 3.63) is 63.7 Å². The Kier molecular flexibility index (Phi) is 4.24. The third-order valence-corrected chi connectivity index (χ3v) is 2.90. The average molecular weight is 275 g/mol. The summed E-state index contributed by atoms with van der Waals surface area (Å²) >= 11 is 0. The van der Waals surface area contributed by atoms with E-state index in [9.17, 15) is 14.5 Å². The summed E-state index contributed by atoms with van der Waals surface area (Å²) in [4.78, 5) is 14.5. The summed E-state index contributed by atoms with van der Waals surface area (Å²) in [7, 11) is 0. The van der Waals surface area contributed by atoms with Gasteiger partial charge in [0.15, 0.2) is 0 Å². The largest absolute Gasteiger partial charge is 0.379 e. The first-order valence-corrected chi connectivity index (χ1v) is 6.16. The summed E-state index contributed by atoms with van der Waals surface area (Å²) in [6, 6.07) is 7.98. The molecule has 0 aliphatic rings. The van der Waals surface area contributed by atoms with E-state index in [2.05, 4.69) is 10.3 Å². The second-order valence-corrected chi connectivity index (χ2v) is 4.37. The molecule has 1 heterocycles. The van der Waals surface area contributed by atoms with Crippen molar-refractivity contribution in [1.82, 2.24) is 4.98 Å². The number of nitro benzene ring substituents is 1. The Bertz CT molecular complexity index is 617. The summed E-state index contributed by atoms with van der Waals surface area (Å²) < 4.78 is 13.4. The summed E-state index contributed by atoms with van der Waals surface area (Å²) in [6.07, 6.45) is 2.33. The van der Waals surface area contributed by atoms with Gasteiger partial charge in [0.2, 0.25) is 0 Å². The van der Waals surface area contributed by atoms with Gasteiger partial charge in [0.25, 0.3) is 5.69 Å². The molecule has 0 saturated carbocycles. The van der Waals surface area contributed by atoms with Gasteiger partial charge in [-0.05, 0) is 30.7 Å². The molecule has 104 valence electrons. The molecule has 2 aromatic rings. The van der Waals surface area contributed by atoms with E-state index < -0.39 is 10.7 Å². The van der Waals surface area contributed by atoms with Crippen LogP contribution in [0.4, 0.5) is 15.8 Å². The van der Waals surface area contributed by atoms with Gasteiger partial charge in [-0.25, -0.2) is 4.39 Å². The molecule has 0 amide bonds. The highest BCUT2D eigenvalue weighted by molar-refractivity contribution is 5.63. The number of nitrogens with one attached hydrogen (secondary N) is 1. The van der Waals surface area contributed by atoms with Crippen LogP contribution in [0.5, 0.6) is 0 Å². The molecule has 6 heteroatoms. The van der Waals surface area contributed by atoms with Crippen molar-refractivity contribution in [3.63, 3.8) is 0 Å². The minimum atomic E-state index is -0.592. The van der Waals surface area contributed by atoms with Crippen LogP contribution in [-0.4, -0.2) is 16.5 Å². The lowest BCUT2D eigenvalue weighted by Gasteiger charge is -2.08. The minimum Gasteiger partial charge on any atom is -0.379 e. The molecule has 2 rings (SSSR count). The van der Waals surface area contributed by atoms with Crippen molar-refractivity contribution < 1.29 is 9.31 Å². The van der Waals surface area contributed by atoms with E-state index in [4.69, 9.17) is 0 Å². The molecule has 0 aliphatic carbocycles. The lowest BCUT2D eigenvalue weighted by molar-refractivity contribution is -0.384. The highest BCUT2D eigenvalue weighted by atomic mass is 19.1. The zero-order valence-corrected chi connectivity index (χ0v) is 11.0. The molecule has 0 atom stereocenters. The van der Waals surface area contributed by atoms with Crippen LogP contribution in [0, 0.1) is 22.9 Å². The van der Waals surface area contributed by atoms with Gasteiger partial charge in [0, 0.05) is 24.9 Å². The van der Waals surface area contributed by atoms with Gasteiger partial charge in [-0.2, -0.15) is 0 Å². The van der Waals surface area contributed by atoms with Crippen LogP contribution >= 0.6 is 0 Å².